The van der Waals surface area contributed by atoms with Crippen LogP contribution in [-0.2, 0) is 0 Å². The largest absolute Gasteiger partial charge is 0.459 e. The molecule has 0 aromatic rings. The van der Waals surface area contributed by atoms with E-state index in [9.17, 15) is 30.7 Å². The first-order valence-corrected chi connectivity index (χ1v) is 4.36. The Morgan fingerprint density at radius 2 is 1.25 bits per heavy atom. The maximum absolute atomic E-state index is 13.1. The molecule has 0 spiro atoms. The van der Waals surface area contributed by atoms with Gasteiger partial charge in [-0.3, -0.25) is 0 Å². The average molecular weight is 253 g/mol. The van der Waals surface area contributed by atoms with E-state index in [2.05, 4.69) is 0 Å². The van der Waals surface area contributed by atoms with Crippen molar-refractivity contribution in [3.8, 4) is 0 Å². The van der Waals surface area contributed by atoms with E-state index in [0.717, 1.165) is 13.8 Å². The van der Waals surface area contributed by atoms with E-state index in [1.54, 1.807) is 0 Å². The van der Waals surface area contributed by atoms with Gasteiger partial charge >= 0.3 is 18.0 Å². The summed E-state index contributed by atoms with van der Waals surface area (Å²) < 4.78 is 86.8. The maximum Gasteiger partial charge on any atom is 0.459 e. The predicted molar refractivity (Wildman–Crippen MR) is 41.2 cm³/mol. The summed E-state index contributed by atoms with van der Waals surface area (Å²) in [5, 5.41) is 0. The first-order chi connectivity index (χ1) is 6.78. The van der Waals surface area contributed by atoms with Crippen molar-refractivity contribution in [3.63, 3.8) is 0 Å². The fourth-order valence-electron chi connectivity index (χ4n) is 1.75. The van der Waals surface area contributed by atoms with Crippen LogP contribution in [0.2, 0.25) is 0 Å². The minimum Gasteiger partial charge on any atom is -0.327 e. The quantitative estimate of drug-likeness (QED) is 0.752. The van der Waals surface area contributed by atoms with Crippen LogP contribution in [0.25, 0.3) is 0 Å². The summed E-state index contributed by atoms with van der Waals surface area (Å²) in [6.07, 6.45) is -6.28. The minimum absolute atomic E-state index is 1.13. The number of hydrogen-bond acceptors (Lipinski definition) is 1. The molecule has 0 aromatic heterocycles. The van der Waals surface area contributed by atoms with Crippen LogP contribution in [0.15, 0.2) is 0 Å². The Morgan fingerprint density at radius 1 is 0.938 bits per heavy atom. The molecule has 1 fully saturated rings. The lowest BCUT2D eigenvalue weighted by molar-refractivity contribution is -0.361. The highest BCUT2D eigenvalue weighted by Gasteiger charge is 2.82. The second-order valence-corrected chi connectivity index (χ2v) is 4.52. The van der Waals surface area contributed by atoms with Crippen LogP contribution >= 0.6 is 0 Å². The highest BCUT2D eigenvalue weighted by atomic mass is 19.4. The van der Waals surface area contributed by atoms with Gasteiger partial charge in [0.1, 0.15) is 0 Å². The lowest BCUT2D eigenvalue weighted by Crippen LogP contribution is -2.54. The molecule has 8 heteroatoms. The van der Waals surface area contributed by atoms with Gasteiger partial charge in [-0.1, -0.05) is 13.8 Å². The van der Waals surface area contributed by atoms with Crippen LogP contribution in [0.5, 0.6) is 0 Å². The Kier molecular flexibility index (Phi) is 2.56. The summed E-state index contributed by atoms with van der Waals surface area (Å²) >= 11 is 0. The van der Waals surface area contributed by atoms with Gasteiger partial charge in [-0.15, -0.1) is 0 Å². The van der Waals surface area contributed by atoms with E-state index in [4.69, 9.17) is 5.73 Å². The number of nitrogens with two attached hydrogens (primary N) is 1. The minimum atomic E-state index is -6.28. The van der Waals surface area contributed by atoms with Gasteiger partial charge in [0.05, 0.1) is 5.92 Å². The van der Waals surface area contributed by atoms with Gasteiger partial charge in [0.15, 0.2) is 0 Å². The van der Waals surface area contributed by atoms with Gasteiger partial charge in [0.25, 0.3) is 0 Å². The molecule has 0 radical (unpaired) electrons. The average Bonchev–Trinajstić information content (AvgIpc) is 2.48. The SMILES string of the molecule is CC1(C)C(N)C1C(F)(F)C(F)(F)C(F)(F)F. The Bertz CT molecular complexity index is 293. The normalized spacial score (nSPS) is 30.4. The van der Waals surface area contributed by atoms with Crippen LogP contribution in [0.4, 0.5) is 30.7 Å². The third-order valence-electron chi connectivity index (χ3n) is 3.08. The Morgan fingerprint density at radius 3 is 1.44 bits per heavy atom. The molecule has 1 rings (SSSR count). The van der Waals surface area contributed by atoms with E-state index in [1.165, 1.54) is 0 Å². The van der Waals surface area contributed by atoms with E-state index in [0.29, 0.717) is 0 Å². The van der Waals surface area contributed by atoms with Crippen LogP contribution in [-0.4, -0.2) is 24.1 Å². The molecule has 2 N–H and O–H groups in total. The molecule has 1 aliphatic rings. The van der Waals surface area contributed by atoms with Crippen molar-refractivity contribution in [1.82, 2.24) is 0 Å². The molecule has 0 aliphatic heterocycles. The Balaban J connectivity index is 3.05. The smallest absolute Gasteiger partial charge is 0.327 e. The van der Waals surface area contributed by atoms with Crippen LogP contribution in [0.3, 0.4) is 0 Å². The molecule has 1 nitrogen and oxygen atoms in total. The second-order valence-electron chi connectivity index (χ2n) is 4.52. The zero-order valence-electron chi connectivity index (χ0n) is 8.38. The number of alkyl halides is 7. The lowest BCUT2D eigenvalue weighted by Gasteiger charge is -2.29. The summed E-state index contributed by atoms with van der Waals surface area (Å²) in [5.41, 5.74) is 3.67. The molecule has 0 bridgehead atoms. The fraction of sp³-hybridized carbons (Fsp3) is 1.00. The van der Waals surface area contributed by atoms with E-state index < -0.39 is 35.4 Å². The van der Waals surface area contributed by atoms with E-state index >= 15 is 0 Å². The van der Waals surface area contributed by atoms with Gasteiger partial charge in [-0.2, -0.15) is 30.7 Å². The van der Waals surface area contributed by atoms with Crippen molar-refractivity contribution in [1.29, 1.82) is 0 Å². The van der Waals surface area contributed by atoms with Crippen molar-refractivity contribution >= 4 is 0 Å². The third-order valence-corrected chi connectivity index (χ3v) is 3.08. The monoisotopic (exact) mass is 253 g/mol. The van der Waals surface area contributed by atoms with Crippen LogP contribution in [0.1, 0.15) is 13.8 Å². The maximum atomic E-state index is 13.1. The standard InChI is InChI=1S/C8H10F7N/c1-5(2)3(4(5)16)6(9,10)7(11,12)8(13,14)15/h3-4H,16H2,1-2H3. The van der Waals surface area contributed by atoms with Crippen molar-refractivity contribution in [2.24, 2.45) is 17.1 Å². The highest BCUT2D eigenvalue weighted by Crippen LogP contribution is 2.64. The molecule has 0 heterocycles. The third kappa shape index (κ3) is 1.49. The van der Waals surface area contributed by atoms with Gasteiger partial charge in [0, 0.05) is 6.04 Å². The molecule has 1 saturated carbocycles. The molecular formula is C8H10F7N. The van der Waals surface area contributed by atoms with Crippen LogP contribution < -0.4 is 5.73 Å². The Hall–Kier alpha value is -0.530. The summed E-state index contributed by atoms with van der Waals surface area (Å²) in [4.78, 5) is 0. The molecular weight excluding hydrogens is 243 g/mol. The van der Waals surface area contributed by atoms with Crippen LogP contribution in [0, 0.1) is 11.3 Å². The molecule has 2 unspecified atom stereocenters. The predicted octanol–water partition coefficient (Wildman–Crippen LogP) is 2.80. The second kappa shape index (κ2) is 3.02. The fourth-order valence-corrected chi connectivity index (χ4v) is 1.75. The zero-order valence-corrected chi connectivity index (χ0v) is 8.38. The van der Waals surface area contributed by atoms with Gasteiger partial charge in [-0.25, -0.2) is 0 Å². The highest BCUT2D eigenvalue weighted by molar-refractivity contribution is 5.18. The topological polar surface area (TPSA) is 26.0 Å². The van der Waals surface area contributed by atoms with Gasteiger partial charge in [0.2, 0.25) is 0 Å². The zero-order chi connectivity index (χ0) is 13.2. The van der Waals surface area contributed by atoms with E-state index in [1.807, 2.05) is 0 Å². The first-order valence-electron chi connectivity index (χ1n) is 4.36. The lowest BCUT2D eigenvalue weighted by atomic mass is 10.00. The van der Waals surface area contributed by atoms with Crippen molar-refractivity contribution in [2.75, 3.05) is 0 Å². The first kappa shape index (κ1) is 13.5. The summed E-state index contributed by atoms with van der Waals surface area (Å²) in [6.45, 7) is 2.26. The van der Waals surface area contributed by atoms with Crippen molar-refractivity contribution < 1.29 is 30.7 Å². The van der Waals surface area contributed by atoms with Crippen molar-refractivity contribution in [2.45, 2.75) is 37.9 Å². The summed E-state index contributed by atoms with van der Waals surface area (Å²) in [5.74, 6) is -13.4. The van der Waals surface area contributed by atoms with Crippen molar-refractivity contribution in [3.05, 3.63) is 0 Å². The molecule has 0 aromatic carbocycles. The van der Waals surface area contributed by atoms with E-state index in [-0.39, 0.29) is 0 Å². The number of hydrogen-bond donors (Lipinski definition) is 1. The number of rotatable bonds is 2. The number of halogens is 7. The Labute approximate surface area is 86.8 Å². The summed E-state index contributed by atoms with van der Waals surface area (Å²) in [6, 6.07) is -1.37. The van der Waals surface area contributed by atoms with Gasteiger partial charge in [-0.05, 0) is 5.41 Å². The molecule has 2 atom stereocenters. The molecule has 0 amide bonds. The molecule has 96 valence electrons. The van der Waals surface area contributed by atoms with Gasteiger partial charge < -0.3 is 5.73 Å². The molecule has 16 heavy (non-hydrogen) atoms. The summed E-state index contributed by atoms with van der Waals surface area (Å²) in [7, 11) is 0. The molecule has 1 aliphatic carbocycles. The molecule has 0 saturated heterocycles.